The van der Waals surface area contributed by atoms with Crippen LogP contribution >= 0.6 is 12.4 Å². The summed E-state index contributed by atoms with van der Waals surface area (Å²) in [4.78, 5) is 11.5. The highest BCUT2D eigenvalue weighted by molar-refractivity contribution is 5.92. The van der Waals surface area contributed by atoms with Crippen LogP contribution in [-0.4, -0.2) is 39.8 Å². The van der Waals surface area contributed by atoms with Gasteiger partial charge in [0.15, 0.2) is 0 Å². The fourth-order valence-electron chi connectivity index (χ4n) is 1.26. The first-order valence-electron chi connectivity index (χ1n) is 5.40. The molecule has 0 unspecified atom stereocenters. The molecule has 0 aliphatic rings. The molecule has 0 atom stereocenters. The van der Waals surface area contributed by atoms with E-state index in [-0.39, 0.29) is 24.9 Å². The van der Waals surface area contributed by atoms with Gasteiger partial charge in [0.25, 0.3) is 0 Å². The molecule has 0 heterocycles. The SMILES string of the molecule is COCCNCC(=O)Nc1ccc(OC)cc1.Cl. The number of anilines is 1. The molecule has 0 aromatic heterocycles. The van der Waals surface area contributed by atoms with Gasteiger partial charge in [-0.3, -0.25) is 4.79 Å². The number of carbonyl (C=O) groups excluding carboxylic acids is 1. The Morgan fingerprint density at radius 1 is 1.22 bits per heavy atom. The van der Waals surface area contributed by atoms with Crippen molar-refractivity contribution in [2.75, 3.05) is 39.2 Å². The molecule has 0 aliphatic heterocycles. The Kier molecular flexibility index (Phi) is 9.00. The van der Waals surface area contributed by atoms with Gasteiger partial charge in [-0.25, -0.2) is 0 Å². The number of halogens is 1. The molecule has 0 radical (unpaired) electrons. The summed E-state index contributed by atoms with van der Waals surface area (Å²) in [6.07, 6.45) is 0. The lowest BCUT2D eigenvalue weighted by molar-refractivity contribution is -0.115. The summed E-state index contributed by atoms with van der Waals surface area (Å²) >= 11 is 0. The Morgan fingerprint density at radius 3 is 2.44 bits per heavy atom. The van der Waals surface area contributed by atoms with Crippen molar-refractivity contribution >= 4 is 24.0 Å². The monoisotopic (exact) mass is 274 g/mol. The number of carbonyl (C=O) groups is 1. The normalized spacial score (nSPS) is 9.44. The molecule has 0 bridgehead atoms. The minimum atomic E-state index is -0.0775. The van der Waals surface area contributed by atoms with Gasteiger partial charge in [-0.15, -0.1) is 12.4 Å². The van der Waals surface area contributed by atoms with Gasteiger partial charge in [0.2, 0.25) is 5.91 Å². The Labute approximate surface area is 113 Å². The zero-order valence-corrected chi connectivity index (χ0v) is 11.4. The molecule has 0 fully saturated rings. The minimum Gasteiger partial charge on any atom is -0.497 e. The van der Waals surface area contributed by atoms with Gasteiger partial charge in [0.1, 0.15) is 5.75 Å². The highest BCUT2D eigenvalue weighted by Crippen LogP contribution is 2.14. The van der Waals surface area contributed by atoms with Crippen molar-refractivity contribution in [1.29, 1.82) is 0 Å². The molecule has 18 heavy (non-hydrogen) atoms. The lowest BCUT2D eigenvalue weighted by Gasteiger charge is -2.07. The standard InChI is InChI=1S/C12H18N2O3.ClH/c1-16-8-7-13-9-12(15)14-10-3-5-11(17-2)6-4-10;/h3-6,13H,7-9H2,1-2H3,(H,14,15);1H. The first-order valence-corrected chi connectivity index (χ1v) is 5.40. The molecule has 0 saturated carbocycles. The number of methoxy groups -OCH3 is 2. The number of hydrogen-bond donors (Lipinski definition) is 2. The van der Waals surface area contributed by atoms with E-state index in [1.54, 1.807) is 38.5 Å². The second kappa shape index (κ2) is 9.70. The van der Waals surface area contributed by atoms with Crippen molar-refractivity contribution in [3.63, 3.8) is 0 Å². The Morgan fingerprint density at radius 2 is 1.89 bits per heavy atom. The predicted octanol–water partition coefficient (Wildman–Crippen LogP) is 1.29. The van der Waals surface area contributed by atoms with E-state index in [1.807, 2.05) is 0 Å². The van der Waals surface area contributed by atoms with Crippen molar-refractivity contribution in [2.24, 2.45) is 0 Å². The number of ether oxygens (including phenoxy) is 2. The van der Waals surface area contributed by atoms with E-state index in [1.165, 1.54) is 0 Å². The van der Waals surface area contributed by atoms with Gasteiger partial charge in [0, 0.05) is 19.3 Å². The Balaban J connectivity index is 0.00000289. The van der Waals surface area contributed by atoms with Crippen LogP contribution in [0.5, 0.6) is 5.75 Å². The average Bonchev–Trinajstić information content (AvgIpc) is 2.36. The Hall–Kier alpha value is -1.30. The zero-order chi connectivity index (χ0) is 12.5. The van der Waals surface area contributed by atoms with Crippen LogP contribution in [0.25, 0.3) is 0 Å². The number of nitrogens with one attached hydrogen (secondary N) is 2. The van der Waals surface area contributed by atoms with Crippen LogP contribution in [0.4, 0.5) is 5.69 Å². The lowest BCUT2D eigenvalue weighted by atomic mass is 10.3. The summed E-state index contributed by atoms with van der Waals surface area (Å²) in [5.41, 5.74) is 0.754. The highest BCUT2D eigenvalue weighted by atomic mass is 35.5. The van der Waals surface area contributed by atoms with E-state index < -0.39 is 0 Å². The summed E-state index contributed by atoms with van der Waals surface area (Å²) in [7, 11) is 3.23. The van der Waals surface area contributed by atoms with Crippen molar-refractivity contribution < 1.29 is 14.3 Å². The fraction of sp³-hybridized carbons (Fsp3) is 0.417. The molecule has 1 rings (SSSR count). The molecule has 1 aromatic carbocycles. The second-order valence-electron chi connectivity index (χ2n) is 3.45. The van der Waals surface area contributed by atoms with Gasteiger partial charge in [-0.1, -0.05) is 0 Å². The number of rotatable bonds is 7. The van der Waals surface area contributed by atoms with Gasteiger partial charge in [-0.05, 0) is 24.3 Å². The summed E-state index contributed by atoms with van der Waals surface area (Å²) in [5, 5.41) is 5.74. The third-order valence-corrected chi connectivity index (χ3v) is 2.14. The van der Waals surface area contributed by atoms with E-state index in [0.29, 0.717) is 13.2 Å². The molecule has 0 spiro atoms. The zero-order valence-electron chi connectivity index (χ0n) is 10.6. The smallest absolute Gasteiger partial charge is 0.238 e. The Bertz CT molecular complexity index is 344. The first-order chi connectivity index (χ1) is 8.26. The second-order valence-corrected chi connectivity index (χ2v) is 3.45. The average molecular weight is 275 g/mol. The molecular formula is C12H19ClN2O3. The van der Waals surface area contributed by atoms with Crippen molar-refractivity contribution in [3.8, 4) is 5.75 Å². The maximum atomic E-state index is 11.5. The summed E-state index contributed by atoms with van der Waals surface area (Å²) in [6.45, 7) is 1.53. The van der Waals surface area contributed by atoms with Crippen molar-refractivity contribution in [3.05, 3.63) is 24.3 Å². The molecule has 0 aliphatic carbocycles. The number of amides is 1. The first kappa shape index (κ1) is 16.7. The van der Waals surface area contributed by atoms with E-state index in [2.05, 4.69) is 10.6 Å². The predicted molar refractivity (Wildman–Crippen MR) is 73.6 cm³/mol. The molecule has 1 aromatic rings. The third-order valence-electron chi connectivity index (χ3n) is 2.14. The maximum absolute atomic E-state index is 11.5. The fourth-order valence-corrected chi connectivity index (χ4v) is 1.26. The van der Waals surface area contributed by atoms with Crippen molar-refractivity contribution in [2.45, 2.75) is 0 Å². The lowest BCUT2D eigenvalue weighted by Crippen LogP contribution is -2.30. The van der Waals surface area contributed by atoms with Crippen molar-refractivity contribution in [1.82, 2.24) is 5.32 Å². The highest BCUT2D eigenvalue weighted by Gasteiger charge is 2.01. The molecule has 1 amide bonds. The van der Waals surface area contributed by atoms with Crippen LogP contribution in [-0.2, 0) is 9.53 Å². The van der Waals surface area contributed by atoms with E-state index in [0.717, 1.165) is 11.4 Å². The minimum absolute atomic E-state index is 0. The van der Waals surface area contributed by atoms with E-state index in [4.69, 9.17) is 9.47 Å². The van der Waals surface area contributed by atoms with E-state index in [9.17, 15) is 4.79 Å². The third kappa shape index (κ3) is 6.44. The van der Waals surface area contributed by atoms with Crippen LogP contribution in [0.3, 0.4) is 0 Å². The quantitative estimate of drug-likeness (QED) is 0.736. The number of hydrogen-bond acceptors (Lipinski definition) is 4. The maximum Gasteiger partial charge on any atom is 0.238 e. The molecule has 102 valence electrons. The van der Waals surface area contributed by atoms with Crippen LogP contribution in [0.1, 0.15) is 0 Å². The molecule has 6 heteroatoms. The molecule has 5 nitrogen and oxygen atoms in total. The van der Waals surface area contributed by atoms with Crippen LogP contribution in [0.2, 0.25) is 0 Å². The van der Waals surface area contributed by atoms with Gasteiger partial charge in [0.05, 0.1) is 20.3 Å². The number of benzene rings is 1. The molecule has 2 N–H and O–H groups in total. The molecule has 0 saturated heterocycles. The topological polar surface area (TPSA) is 59.6 Å². The summed E-state index contributed by atoms with van der Waals surface area (Å²) in [6, 6.07) is 7.19. The van der Waals surface area contributed by atoms with E-state index >= 15 is 0 Å². The van der Waals surface area contributed by atoms with Gasteiger partial charge in [-0.2, -0.15) is 0 Å². The van der Waals surface area contributed by atoms with Gasteiger partial charge >= 0.3 is 0 Å². The van der Waals surface area contributed by atoms with Crippen LogP contribution in [0, 0.1) is 0 Å². The summed E-state index contributed by atoms with van der Waals surface area (Å²) < 4.78 is 9.89. The van der Waals surface area contributed by atoms with Gasteiger partial charge < -0.3 is 20.1 Å². The van der Waals surface area contributed by atoms with Crippen LogP contribution < -0.4 is 15.4 Å². The van der Waals surface area contributed by atoms with Crippen LogP contribution in [0.15, 0.2) is 24.3 Å². The molecular weight excluding hydrogens is 256 g/mol. The summed E-state index contributed by atoms with van der Waals surface area (Å²) in [5.74, 6) is 0.687. The largest absolute Gasteiger partial charge is 0.497 e.